The Balaban J connectivity index is 1.66. The third-order valence-corrected chi connectivity index (χ3v) is 3.17. The largest absolute Gasteiger partial charge is 0.466 e. The van der Waals surface area contributed by atoms with Crippen molar-refractivity contribution in [2.45, 2.75) is 20.4 Å². The van der Waals surface area contributed by atoms with Crippen molar-refractivity contribution in [3.8, 4) is 5.69 Å². The van der Waals surface area contributed by atoms with E-state index in [1.165, 1.54) is 0 Å². The maximum absolute atomic E-state index is 12.1. The van der Waals surface area contributed by atoms with Crippen molar-refractivity contribution in [2.75, 3.05) is 0 Å². The van der Waals surface area contributed by atoms with Crippen LogP contribution in [-0.4, -0.2) is 25.9 Å². The van der Waals surface area contributed by atoms with Crippen molar-refractivity contribution in [1.82, 2.24) is 25.3 Å². The lowest BCUT2D eigenvalue weighted by Gasteiger charge is -2.01. The normalized spacial score (nSPS) is 10.6. The summed E-state index contributed by atoms with van der Waals surface area (Å²) in [7, 11) is 0. The Morgan fingerprint density at radius 1 is 1.41 bits per heavy atom. The molecule has 22 heavy (non-hydrogen) atoms. The van der Waals surface area contributed by atoms with Gasteiger partial charge in [0.25, 0.3) is 5.91 Å². The highest BCUT2D eigenvalue weighted by Gasteiger charge is 2.13. The maximum Gasteiger partial charge on any atom is 0.255 e. The van der Waals surface area contributed by atoms with Crippen LogP contribution in [0, 0.1) is 13.8 Å². The molecule has 0 aliphatic heterocycles. The molecule has 1 amide bonds. The number of carbonyl (C=O) groups excluding carboxylic acids is 1. The van der Waals surface area contributed by atoms with Crippen LogP contribution in [0.15, 0.2) is 41.2 Å². The van der Waals surface area contributed by atoms with Crippen molar-refractivity contribution in [3.63, 3.8) is 0 Å². The molecule has 0 fully saturated rings. The van der Waals surface area contributed by atoms with E-state index in [2.05, 4.69) is 20.6 Å². The summed E-state index contributed by atoms with van der Waals surface area (Å²) >= 11 is 0. The second kappa shape index (κ2) is 5.80. The van der Waals surface area contributed by atoms with E-state index < -0.39 is 0 Å². The van der Waals surface area contributed by atoms with Crippen molar-refractivity contribution >= 4 is 5.91 Å². The molecule has 0 spiro atoms. The number of aryl methyl sites for hydroxylation is 2. The maximum atomic E-state index is 12.1. The van der Waals surface area contributed by atoms with Gasteiger partial charge in [0.2, 0.25) is 0 Å². The number of nitrogens with one attached hydrogen (secondary N) is 1. The Morgan fingerprint density at radius 3 is 2.95 bits per heavy atom. The first kappa shape index (κ1) is 14.0. The fourth-order valence-corrected chi connectivity index (χ4v) is 2.12. The van der Waals surface area contributed by atoms with Crippen LogP contribution < -0.4 is 5.32 Å². The van der Waals surface area contributed by atoms with E-state index in [4.69, 9.17) is 4.42 Å². The minimum Gasteiger partial charge on any atom is -0.466 e. The van der Waals surface area contributed by atoms with Gasteiger partial charge in [-0.25, -0.2) is 4.68 Å². The van der Waals surface area contributed by atoms with Crippen LogP contribution in [0.1, 0.15) is 27.6 Å². The molecule has 3 aromatic rings. The molecule has 1 N–H and O–H groups in total. The SMILES string of the molecule is Cc1cc(C(=O)NCc2cn(-c3cccnc3)nn2)c(C)o1. The second-order valence-corrected chi connectivity index (χ2v) is 4.88. The zero-order chi connectivity index (χ0) is 15.5. The van der Waals surface area contributed by atoms with E-state index in [0.29, 0.717) is 29.3 Å². The number of nitrogens with zero attached hydrogens (tertiary/aromatic N) is 4. The molecule has 3 heterocycles. The van der Waals surface area contributed by atoms with Gasteiger partial charge < -0.3 is 9.73 Å². The van der Waals surface area contributed by atoms with Gasteiger partial charge in [0, 0.05) is 6.20 Å². The van der Waals surface area contributed by atoms with Gasteiger partial charge >= 0.3 is 0 Å². The summed E-state index contributed by atoms with van der Waals surface area (Å²) in [5.41, 5.74) is 2.01. The van der Waals surface area contributed by atoms with E-state index in [0.717, 1.165) is 5.69 Å². The van der Waals surface area contributed by atoms with E-state index in [1.807, 2.05) is 19.1 Å². The molecule has 0 aromatic carbocycles. The first-order valence-electron chi connectivity index (χ1n) is 6.80. The lowest BCUT2D eigenvalue weighted by molar-refractivity contribution is 0.0949. The lowest BCUT2D eigenvalue weighted by atomic mass is 10.2. The van der Waals surface area contributed by atoms with Crippen LogP contribution in [0.4, 0.5) is 0 Å². The summed E-state index contributed by atoms with van der Waals surface area (Å²) in [6, 6.07) is 5.42. The number of carbonyl (C=O) groups is 1. The third kappa shape index (κ3) is 2.88. The van der Waals surface area contributed by atoms with Gasteiger partial charge in [-0.15, -0.1) is 5.10 Å². The fourth-order valence-electron chi connectivity index (χ4n) is 2.12. The number of amides is 1. The Hall–Kier alpha value is -2.96. The van der Waals surface area contributed by atoms with Gasteiger partial charge in [0.05, 0.1) is 30.2 Å². The summed E-state index contributed by atoms with van der Waals surface area (Å²) in [6.07, 6.45) is 5.14. The highest BCUT2D eigenvalue weighted by molar-refractivity contribution is 5.95. The molecular formula is C15H15N5O2. The number of furan rings is 1. The summed E-state index contributed by atoms with van der Waals surface area (Å²) < 4.78 is 6.96. The quantitative estimate of drug-likeness (QED) is 0.793. The van der Waals surface area contributed by atoms with Gasteiger partial charge in [-0.2, -0.15) is 0 Å². The molecule has 0 saturated heterocycles. The highest BCUT2D eigenvalue weighted by atomic mass is 16.3. The van der Waals surface area contributed by atoms with Crippen LogP contribution >= 0.6 is 0 Å². The molecule has 7 heteroatoms. The minimum atomic E-state index is -0.190. The number of aromatic nitrogens is 4. The number of pyridine rings is 1. The topological polar surface area (TPSA) is 85.8 Å². The van der Waals surface area contributed by atoms with E-state index >= 15 is 0 Å². The number of hydrogen-bond acceptors (Lipinski definition) is 5. The molecule has 0 atom stereocenters. The monoisotopic (exact) mass is 297 g/mol. The molecule has 0 saturated carbocycles. The summed E-state index contributed by atoms with van der Waals surface area (Å²) in [5, 5.41) is 10.9. The minimum absolute atomic E-state index is 0.190. The van der Waals surface area contributed by atoms with Crippen LogP contribution in [-0.2, 0) is 6.54 Å². The van der Waals surface area contributed by atoms with Crippen LogP contribution in [0.25, 0.3) is 5.69 Å². The van der Waals surface area contributed by atoms with E-state index in [-0.39, 0.29) is 5.91 Å². The van der Waals surface area contributed by atoms with Gasteiger partial charge in [-0.1, -0.05) is 5.21 Å². The first-order chi connectivity index (χ1) is 10.6. The van der Waals surface area contributed by atoms with Gasteiger partial charge in [0.15, 0.2) is 0 Å². The predicted molar refractivity (Wildman–Crippen MR) is 78.5 cm³/mol. The summed E-state index contributed by atoms with van der Waals surface area (Å²) in [4.78, 5) is 16.1. The van der Waals surface area contributed by atoms with Gasteiger partial charge in [0.1, 0.15) is 17.2 Å². The number of hydrogen-bond donors (Lipinski definition) is 1. The predicted octanol–water partition coefficient (Wildman–Crippen LogP) is 1.80. The van der Waals surface area contributed by atoms with Crippen molar-refractivity contribution in [3.05, 3.63) is 59.6 Å². The molecular weight excluding hydrogens is 282 g/mol. The smallest absolute Gasteiger partial charge is 0.255 e. The molecule has 0 unspecified atom stereocenters. The van der Waals surface area contributed by atoms with E-state index in [1.54, 1.807) is 36.3 Å². The average molecular weight is 297 g/mol. The number of rotatable bonds is 4. The van der Waals surface area contributed by atoms with Crippen LogP contribution in [0.3, 0.4) is 0 Å². The van der Waals surface area contributed by atoms with Crippen molar-refractivity contribution in [1.29, 1.82) is 0 Å². The van der Waals surface area contributed by atoms with E-state index in [9.17, 15) is 4.79 Å². The summed E-state index contributed by atoms with van der Waals surface area (Å²) in [6.45, 7) is 3.87. The molecule has 0 aliphatic rings. The standard InChI is InChI=1S/C15H15N5O2/c1-10-6-14(11(2)22-10)15(21)17-7-12-9-20(19-18-12)13-4-3-5-16-8-13/h3-6,8-9H,7H2,1-2H3,(H,17,21). The second-order valence-electron chi connectivity index (χ2n) is 4.88. The average Bonchev–Trinajstić information content (AvgIpc) is 3.12. The van der Waals surface area contributed by atoms with Crippen molar-refractivity contribution in [2.24, 2.45) is 0 Å². The Morgan fingerprint density at radius 2 is 2.27 bits per heavy atom. The molecule has 3 rings (SSSR count). The fraction of sp³-hybridized carbons (Fsp3) is 0.200. The zero-order valence-electron chi connectivity index (χ0n) is 12.3. The molecule has 112 valence electrons. The molecule has 0 aliphatic carbocycles. The van der Waals surface area contributed by atoms with Gasteiger partial charge in [-0.05, 0) is 32.0 Å². The third-order valence-electron chi connectivity index (χ3n) is 3.17. The van der Waals surface area contributed by atoms with Crippen molar-refractivity contribution < 1.29 is 9.21 Å². The molecule has 7 nitrogen and oxygen atoms in total. The zero-order valence-corrected chi connectivity index (χ0v) is 12.3. The molecule has 0 bridgehead atoms. The molecule has 3 aromatic heterocycles. The highest BCUT2D eigenvalue weighted by Crippen LogP contribution is 2.13. The van der Waals surface area contributed by atoms with Crippen LogP contribution in [0.5, 0.6) is 0 Å². The Labute approximate surface area is 127 Å². The summed E-state index contributed by atoms with van der Waals surface area (Å²) in [5.74, 6) is 1.13. The Bertz CT molecular complexity index is 791. The van der Waals surface area contributed by atoms with Gasteiger partial charge in [-0.3, -0.25) is 9.78 Å². The first-order valence-corrected chi connectivity index (χ1v) is 6.80. The Kier molecular flexibility index (Phi) is 3.69. The lowest BCUT2D eigenvalue weighted by Crippen LogP contribution is -2.23. The van der Waals surface area contributed by atoms with Crippen LogP contribution in [0.2, 0.25) is 0 Å². The molecule has 0 radical (unpaired) electrons.